The van der Waals surface area contributed by atoms with Gasteiger partial charge in [-0.05, 0) is 43.9 Å². The Kier molecular flexibility index (Phi) is 10.1. The molecule has 1 heterocycles. The van der Waals surface area contributed by atoms with E-state index in [1.807, 2.05) is 20.8 Å². The molecule has 216 valence electrons. The van der Waals surface area contributed by atoms with Crippen molar-refractivity contribution in [3.8, 4) is 11.1 Å². The zero-order chi connectivity index (χ0) is 29.6. The fraction of sp³-hybridized carbons (Fsp3) is 0.414. The van der Waals surface area contributed by atoms with Crippen LogP contribution in [0.3, 0.4) is 0 Å². The van der Waals surface area contributed by atoms with Gasteiger partial charge in [-0.1, -0.05) is 62.7 Å². The molecule has 0 unspecified atom stereocenters. The van der Waals surface area contributed by atoms with Crippen LogP contribution in [-0.4, -0.2) is 43.4 Å². The number of aryl methyl sites for hydroxylation is 1. The van der Waals surface area contributed by atoms with Gasteiger partial charge in [-0.15, -0.1) is 0 Å². The summed E-state index contributed by atoms with van der Waals surface area (Å²) in [7, 11) is -2.50. The molecule has 0 saturated carbocycles. The number of aromatic nitrogens is 1. The molecule has 2 amide bonds. The minimum atomic E-state index is -4.13. The van der Waals surface area contributed by atoms with Crippen LogP contribution in [0.15, 0.2) is 51.9 Å². The van der Waals surface area contributed by atoms with Crippen molar-refractivity contribution >= 4 is 27.7 Å². The van der Waals surface area contributed by atoms with E-state index in [-0.39, 0.29) is 46.2 Å². The molecule has 9 nitrogen and oxygen atoms in total. The number of carbonyl (C=O) groups excluding carboxylic acids is 2. The van der Waals surface area contributed by atoms with Crippen molar-refractivity contribution in [3.63, 3.8) is 0 Å². The average molecular weight is 573 g/mol. The van der Waals surface area contributed by atoms with E-state index in [0.717, 1.165) is 12.8 Å². The van der Waals surface area contributed by atoms with Gasteiger partial charge in [-0.3, -0.25) is 9.59 Å². The third kappa shape index (κ3) is 7.07. The lowest BCUT2D eigenvalue weighted by atomic mass is 10.0. The van der Waals surface area contributed by atoms with Crippen LogP contribution in [0.4, 0.5) is 10.3 Å². The molecular formula is C29H37FN4O5S. The lowest BCUT2D eigenvalue weighted by Crippen LogP contribution is -2.50. The van der Waals surface area contributed by atoms with Gasteiger partial charge in [0, 0.05) is 36.7 Å². The molecule has 3 rings (SSSR count). The van der Waals surface area contributed by atoms with Crippen molar-refractivity contribution in [3.05, 3.63) is 65.1 Å². The number of rotatable bonds is 12. The first kappa shape index (κ1) is 30.8. The van der Waals surface area contributed by atoms with Crippen molar-refractivity contribution in [2.75, 3.05) is 11.8 Å². The van der Waals surface area contributed by atoms with Crippen LogP contribution in [0.2, 0.25) is 0 Å². The van der Waals surface area contributed by atoms with Crippen LogP contribution in [0, 0.1) is 25.6 Å². The second kappa shape index (κ2) is 13.1. The summed E-state index contributed by atoms with van der Waals surface area (Å²) < 4.78 is 49.2. The van der Waals surface area contributed by atoms with Gasteiger partial charge in [0.25, 0.3) is 10.0 Å². The van der Waals surface area contributed by atoms with Gasteiger partial charge in [0.05, 0.1) is 10.6 Å². The topological polar surface area (TPSA) is 122 Å². The summed E-state index contributed by atoms with van der Waals surface area (Å²) in [5.74, 6) is -1.19. The average Bonchev–Trinajstić information content (AvgIpc) is 3.22. The molecule has 0 radical (unpaired) electrons. The summed E-state index contributed by atoms with van der Waals surface area (Å²) in [5, 5.41) is 6.57. The fourth-order valence-corrected chi connectivity index (χ4v) is 5.65. The fourth-order valence-electron chi connectivity index (χ4n) is 4.38. The van der Waals surface area contributed by atoms with Crippen LogP contribution in [-0.2, 0) is 26.2 Å². The molecule has 0 aliphatic heterocycles. The number of anilines is 1. The Morgan fingerprint density at radius 1 is 1.10 bits per heavy atom. The van der Waals surface area contributed by atoms with Crippen LogP contribution in [0.25, 0.3) is 11.1 Å². The number of likely N-dealkylation sites (N-methyl/N-ethyl adjacent to an activating group) is 1. The van der Waals surface area contributed by atoms with E-state index in [1.54, 1.807) is 39.1 Å². The van der Waals surface area contributed by atoms with Crippen molar-refractivity contribution in [1.29, 1.82) is 0 Å². The molecule has 0 fully saturated rings. The number of unbranched alkanes of at least 4 members (excludes halogenated alkanes) is 1. The number of amides is 2. The minimum absolute atomic E-state index is 0.00345. The second-order valence-corrected chi connectivity index (χ2v) is 11.8. The maximum Gasteiger partial charge on any atom is 0.264 e. The van der Waals surface area contributed by atoms with Crippen LogP contribution < -0.4 is 10.0 Å². The molecule has 0 spiro atoms. The molecular weight excluding hydrogens is 535 g/mol. The molecule has 3 aromatic rings. The van der Waals surface area contributed by atoms with Gasteiger partial charge in [0.1, 0.15) is 11.9 Å². The number of nitrogens with one attached hydrogen (secondary N) is 2. The summed E-state index contributed by atoms with van der Waals surface area (Å²) in [6, 6.07) is 9.78. The number of carbonyl (C=O) groups is 2. The van der Waals surface area contributed by atoms with E-state index in [4.69, 9.17) is 4.52 Å². The van der Waals surface area contributed by atoms with Crippen molar-refractivity contribution in [1.82, 2.24) is 15.4 Å². The highest BCUT2D eigenvalue weighted by Crippen LogP contribution is 2.32. The van der Waals surface area contributed by atoms with E-state index >= 15 is 4.39 Å². The van der Waals surface area contributed by atoms with E-state index in [9.17, 15) is 18.0 Å². The van der Waals surface area contributed by atoms with Gasteiger partial charge in [-0.2, -0.15) is 0 Å². The third-order valence-corrected chi connectivity index (χ3v) is 8.20. The van der Waals surface area contributed by atoms with Crippen LogP contribution in [0.5, 0.6) is 0 Å². The highest BCUT2D eigenvalue weighted by molar-refractivity contribution is 7.92. The van der Waals surface area contributed by atoms with E-state index in [2.05, 4.69) is 15.2 Å². The Morgan fingerprint density at radius 2 is 1.80 bits per heavy atom. The molecule has 0 bridgehead atoms. The summed E-state index contributed by atoms with van der Waals surface area (Å²) in [5.41, 5.74) is 1.85. The SMILES string of the molecule is CCCCC(=O)N(C)[C@H](C(=O)NCc1ccc(-c2ccccc2S(=O)(=O)Nc2onc(C)c2C)c(F)c1)C(C)C. The molecule has 0 aliphatic carbocycles. The highest BCUT2D eigenvalue weighted by Gasteiger charge is 2.29. The van der Waals surface area contributed by atoms with Crippen LogP contribution in [0.1, 0.15) is 56.9 Å². The lowest BCUT2D eigenvalue weighted by molar-refractivity contribution is -0.140. The largest absolute Gasteiger partial charge is 0.350 e. The predicted molar refractivity (Wildman–Crippen MR) is 151 cm³/mol. The molecule has 1 aromatic heterocycles. The quantitative estimate of drug-likeness (QED) is 0.308. The molecule has 0 aliphatic rings. The lowest BCUT2D eigenvalue weighted by Gasteiger charge is -2.30. The van der Waals surface area contributed by atoms with Crippen molar-refractivity contribution in [2.45, 2.75) is 71.4 Å². The van der Waals surface area contributed by atoms with Gasteiger partial charge in [0.15, 0.2) is 0 Å². The summed E-state index contributed by atoms with van der Waals surface area (Å²) >= 11 is 0. The number of halogens is 1. The number of hydrogen-bond donors (Lipinski definition) is 2. The number of sulfonamides is 1. The standard InChI is InChI=1S/C29H37FN4O5S/c1-7-8-13-26(35)34(6)27(18(2)3)28(36)31-17-21-14-15-22(24(30)16-21)23-11-9-10-12-25(23)40(37,38)33-29-19(4)20(5)32-39-29/h9-12,14-16,18,27,33H,7-8,13,17H2,1-6H3,(H,31,36)/t27-/m0/s1. The number of nitrogens with zero attached hydrogens (tertiary/aromatic N) is 2. The maximum absolute atomic E-state index is 15.4. The first-order chi connectivity index (χ1) is 18.9. The maximum atomic E-state index is 15.4. The molecule has 1 atom stereocenters. The molecule has 2 N–H and O–H groups in total. The predicted octanol–water partition coefficient (Wildman–Crippen LogP) is 5.19. The Balaban J connectivity index is 1.79. The van der Waals surface area contributed by atoms with Gasteiger partial charge < -0.3 is 14.7 Å². The van der Waals surface area contributed by atoms with E-state index < -0.39 is 21.9 Å². The highest BCUT2D eigenvalue weighted by atomic mass is 32.2. The second-order valence-electron chi connectivity index (χ2n) is 10.2. The Hall–Kier alpha value is -3.73. The summed E-state index contributed by atoms with van der Waals surface area (Å²) in [6.45, 7) is 9.15. The van der Waals surface area contributed by atoms with E-state index in [1.165, 1.54) is 29.2 Å². The first-order valence-electron chi connectivity index (χ1n) is 13.2. The first-order valence-corrected chi connectivity index (χ1v) is 14.7. The number of benzene rings is 2. The minimum Gasteiger partial charge on any atom is -0.350 e. The third-order valence-electron chi connectivity index (χ3n) is 6.81. The Labute approximate surface area is 235 Å². The van der Waals surface area contributed by atoms with Crippen molar-refractivity contribution in [2.24, 2.45) is 5.92 Å². The van der Waals surface area contributed by atoms with Crippen molar-refractivity contribution < 1.29 is 26.9 Å². The molecule has 11 heteroatoms. The monoisotopic (exact) mass is 572 g/mol. The summed E-state index contributed by atoms with van der Waals surface area (Å²) in [6.07, 6.45) is 2.01. The normalized spacial score (nSPS) is 12.3. The zero-order valence-electron chi connectivity index (χ0n) is 23.7. The molecule has 0 saturated heterocycles. The zero-order valence-corrected chi connectivity index (χ0v) is 24.6. The molecule has 40 heavy (non-hydrogen) atoms. The number of hydrogen-bond acceptors (Lipinski definition) is 6. The molecule has 2 aromatic carbocycles. The van der Waals surface area contributed by atoms with Crippen LogP contribution >= 0.6 is 0 Å². The Bertz CT molecular complexity index is 1470. The van der Waals surface area contributed by atoms with Gasteiger partial charge in [-0.25, -0.2) is 17.5 Å². The van der Waals surface area contributed by atoms with Gasteiger partial charge >= 0.3 is 0 Å². The Morgan fingerprint density at radius 3 is 2.40 bits per heavy atom. The van der Waals surface area contributed by atoms with E-state index in [0.29, 0.717) is 23.2 Å². The van der Waals surface area contributed by atoms with Gasteiger partial charge in [0.2, 0.25) is 17.7 Å². The smallest absolute Gasteiger partial charge is 0.264 e. The summed E-state index contributed by atoms with van der Waals surface area (Å²) in [4.78, 5) is 26.9.